The maximum Gasteiger partial charge on any atom is 0.0535 e. The van der Waals surface area contributed by atoms with Gasteiger partial charge in [-0.2, -0.15) is 11.8 Å². The number of hydrogen-bond acceptors (Lipinski definition) is 3. The van der Waals surface area contributed by atoms with Gasteiger partial charge in [0.15, 0.2) is 0 Å². The third kappa shape index (κ3) is 4.02. The Labute approximate surface area is 134 Å². The topological polar surface area (TPSA) is 15.3 Å². The lowest BCUT2D eigenvalue weighted by Gasteiger charge is -2.51. The second kappa shape index (κ2) is 6.72. The normalized spacial score (nSPS) is 27.8. The van der Waals surface area contributed by atoms with Crippen LogP contribution in [-0.2, 0) is 5.54 Å². The highest BCUT2D eigenvalue weighted by atomic mass is 32.2. The summed E-state index contributed by atoms with van der Waals surface area (Å²) in [5, 5.41) is 3.83. The second-order valence-electron chi connectivity index (χ2n) is 7.42. The van der Waals surface area contributed by atoms with Gasteiger partial charge in [-0.05, 0) is 24.2 Å². The number of rotatable bonds is 4. The van der Waals surface area contributed by atoms with E-state index in [0.29, 0.717) is 11.5 Å². The van der Waals surface area contributed by atoms with Crippen molar-refractivity contribution in [1.82, 2.24) is 10.2 Å². The zero-order valence-corrected chi connectivity index (χ0v) is 15.0. The average Bonchev–Trinajstić information content (AvgIpc) is 2.45. The van der Waals surface area contributed by atoms with Gasteiger partial charge in [-0.25, -0.2) is 0 Å². The molecule has 0 aromatic heterocycles. The molecule has 0 amide bonds. The van der Waals surface area contributed by atoms with E-state index in [0.717, 1.165) is 13.1 Å². The van der Waals surface area contributed by atoms with Crippen molar-refractivity contribution >= 4 is 11.8 Å². The molecule has 0 bridgehead atoms. The minimum atomic E-state index is 0.0570. The standard InChI is InChI=1S/C18H30N2S/c1-17(2,3)16-13-19-18(4,14-20(16)11-12-21-5)15-9-7-6-8-10-15/h6-10,16,19H,11-14H2,1-5H3. The molecule has 1 aliphatic heterocycles. The summed E-state index contributed by atoms with van der Waals surface area (Å²) in [5.74, 6) is 1.21. The maximum absolute atomic E-state index is 3.83. The lowest BCUT2D eigenvalue weighted by Crippen LogP contribution is -2.64. The summed E-state index contributed by atoms with van der Waals surface area (Å²) in [4.78, 5) is 2.69. The van der Waals surface area contributed by atoms with E-state index in [-0.39, 0.29) is 5.54 Å². The van der Waals surface area contributed by atoms with E-state index in [1.54, 1.807) is 0 Å². The van der Waals surface area contributed by atoms with Crippen LogP contribution in [0.15, 0.2) is 30.3 Å². The lowest BCUT2D eigenvalue weighted by molar-refractivity contribution is 0.0313. The first-order valence-corrected chi connectivity index (χ1v) is 9.30. The molecular formula is C18H30N2S. The number of nitrogens with zero attached hydrogens (tertiary/aromatic N) is 1. The Bertz CT molecular complexity index is 440. The van der Waals surface area contributed by atoms with Gasteiger partial charge in [0.05, 0.1) is 5.54 Å². The predicted octanol–water partition coefficient (Wildman–Crippen LogP) is 3.58. The van der Waals surface area contributed by atoms with Gasteiger partial charge >= 0.3 is 0 Å². The zero-order chi connectivity index (χ0) is 15.5. The van der Waals surface area contributed by atoms with Gasteiger partial charge in [0.25, 0.3) is 0 Å². The summed E-state index contributed by atoms with van der Waals surface area (Å²) in [7, 11) is 0. The van der Waals surface area contributed by atoms with Crippen molar-refractivity contribution in [3.8, 4) is 0 Å². The van der Waals surface area contributed by atoms with Crippen molar-refractivity contribution in [2.24, 2.45) is 5.41 Å². The minimum Gasteiger partial charge on any atom is -0.305 e. The molecule has 3 heteroatoms. The number of nitrogens with one attached hydrogen (secondary N) is 1. The molecule has 2 unspecified atom stereocenters. The first-order valence-electron chi connectivity index (χ1n) is 7.90. The quantitative estimate of drug-likeness (QED) is 0.915. The first-order chi connectivity index (χ1) is 9.87. The Hall–Kier alpha value is -0.510. The highest BCUT2D eigenvalue weighted by Crippen LogP contribution is 2.33. The highest BCUT2D eigenvalue weighted by molar-refractivity contribution is 7.98. The van der Waals surface area contributed by atoms with Crippen molar-refractivity contribution in [3.05, 3.63) is 35.9 Å². The summed E-state index contributed by atoms with van der Waals surface area (Å²) in [6.45, 7) is 12.7. The summed E-state index contributed by atoms with van der Waals surface area (Å²) in [6, 6.07) is 11.5. The van der Waals surface area contributed by atoms with E-state index in [9.17, 15) is 0 Å². The monoisotopic (exact) mass is 306 g/mol. The van der Waals surface area contributed by atoms with Crippen molar-refractivity contribution in [3.63, 3.8) is 0 Å². The lowest BCUT2D eigenvalue weighted by atomic mass is 9.80. The molecule has 1 aromatic carbocycles. The molecule has 2 rings (SSSR count). The molecule has 0 saturated carbocycles. The second-order valence-corrected chi connectivity index (χ2v) is 8.41. The highest BCUT2D eigenvalue weighted by Gasteiger charge is 2.40. The van der Waals surface area contributed by atoms with E-state index in [1.165, 1.54) is 17.9 Å². The molecule has 118 valence electrons. The molecule has 0 aliphatic carbocycles. The Kier molecular flexibility index (Phi) is 5.39. The van der Waals surface area contributed by atoms with E-state index in [1.807, 2.05) is 11.8 Å². The van der Waals surface area contributed by atoms with Gasteiger partial charge in [0.1, 0.15) is 0 Å². The van der Waals surface area contributed by atoms with Gasteiger partial charge in [0, 0.05) is 31.4 Å². The fraction of sp³-hybridized carbons (Fsp3) is 0.667. The average molecular weight is 307 g/mol. The van der Waals surface area contributed by atoms with Gasteiger partial charge < -0.3 is 5.32 Å². The van der Waals surface area contributed by atoms with Gasteiger partial charge in [-0.1, -0.05) is 51.1 Å². The van der Waals surface area contributed by atoms with Crippen LogP contribution >= 0.6 is 11.8 Å². The summed E-state index contributed by atoms with van der Waals surface area (Å²) < 4.78 is 0. The molecule has 1 aliphatic rings. The van der Waals surface area contributed by atoms with Crippen LogP contribution in [0.5, 0.6) is 0 Å². The fourth-order valence-corrected chi connectivity index (χ4v) is 3.74. The van der Waals surface area contributed by atoms with E-state index >= 15 is 0 Å². The molecule has 21 heavy (non-hydrogen) atoms. The van der Waals surface area contributed by atoms with Crippen molar-refractivity contribution in [2.75, 3.05) is 31.6 Å². The van der Waals surface area contributed by atoms with Crippen LogP contribution in [-0.4, -0.2) is 42.6 Å². The number of piperazine rings is 1. The number of hydrogen-bond donors (Lipinski definition) is 1. The molecule has 0 radical (unpaired) electrons. The molecule has 1 saturated heterocycles. The fourth-order valence-electron chi connectivity index (χ4n) is 3.32. The molecule has 0 spiro atoms. The summed E-state index contributed by atoms with van der Waals surface area (Å²) in [6.07, 6.45) is 2.20. The van der Waals surface area contributed by atoms with Crippen LogP contribution in [0.1, 0.15) is 33.3 Å². The molecule has 2 atom stereocenters. The van der Waals surface area contributed by atoms with E-state index in [4.69, 9.17) is 0 Å². The van der Waals surface area contributed by atoms with Crippen LogP contribution in [0, 0.1) is 5.41 Å². The first kappa shape index (κ1) is 16.9. The Morgan fingerprint density at radius 1 is 1.29 bits per heavy atom. The Balaban J connectivity index is 2.19. The van der Waals surface area contributed by atoms with Crippen LogP contribution < -0.4 is 5.32 Å². The van der Waals surface area contributed by atoms with E-state index in [2.05, 4.69) is 74.5 Å². The van der Waals surface area contributed by atoms with Gasteiger partial charge in [-0.3, -0.25) is 4.90 Å². The maximum atomic E-state index is 3.83. The zero-order valence-electron chi connectivity index (χ0n) is 14.1. The Morgan fingerprint density at radius 2 is 1.95 bits per heavy atom. The van der Waals surface area contributed by atoms with Crippen molar-refractivity contribution in [2.45, 2.75) is 39.3 Å². The third-order valence-corrected chi connectivity index (χ3v) is 5.23. The van der Waals surface area contributed by atoms with Crippen LogP contribution in [0.3, 0.4) is 0 Å². The molecule has 1 heterocycles. The van der Waals surface area contributed by atoms with Crippen LogP contribution in [0.4, 0.5) is 0 Å². The van der Waals surface area contributed by atoms with Crippen LogP contribution in [0.25, 0.3) is 0 Å². The van der Waals surface area contributed by atoms with Crippen molar-refractivity contribution < 1.29 is 0 Å². The summed E-state index contributed by atoms with van der Waals surface area (Å²) in [5.41, 5.74) is 1.76. The molecule has 1 N–H and O–H groups in total. The Morgan fingerprint density at radius 3 is 2.52 bits per heavy atom. The predicted molar refractivity (Wildman–Crippen MR) is 95.0 cm³/mol. The number of thioether (sulfide) groups is 1. The minimum absolute atomic E-state index is 0.0570. The molecular weight excluding hydrogens is 276 g/mol. The largest absolute Gasteiger partial charge is 0.305 e. The van der Waals surface area contributed by atoms with Gasteiger partial charge in [-0.15, -0.1) is 0 Å². The van der Waals surface area contributed by atoms with E-state index < -0.39 is 0 Å². The molecule has 2 nitrogen and oxygen atoms in total. The molecule has 1 aromatic rings. The van der Waals surface area contributed by atoms with Crippen molar-refractivity contribution in [1.29, 1.82) is 0 Å². The number of benzene rings is 1. The van der Waals surface area contributed by atoms with Gasteiger partial charge in [0.2, 0.25) is 0 Å². The van der Waals surface area contributed by atoms with Crippen LogP contribution in [0.2, 0.25) is 0 Å². The molecule has 1 fully saturated rings. The SMILES string of the molecule is CSCCN1CC(C)(c2ccccc2)NCC1C(C)(C)C. The smallest absolute Gasteiger partial charge is 0.0535 e. The summed E-state index contributed by atoms with van der Waals surface area (Å²) >= 11 is 1.94. The third-order valence-electron chi connectivity index (χ3n) is 4.64.